The maximum absolute atomic E-state index is 11.9. The zero-order valence-electron chi connectivity index (χ0n) is 17.0. The van der Waals surface area contributed by atoms with Crippen molar-refractivity contribution in [1.82, 2.24) is 4.98 Å². The molecule has 0 atom stereocenters. The van der Waals surface area contributed by atoms with Crippen molar-refractivity contribution in [2.45, 2.75) is 26.7 Å². The third-order valence-electron chi connectivity index (χ3n) is 4.25. The molecular weight excluding hydrogens is 384 g/mol. The largest absolute Gasteiger partial charge is 0.494 e. The van der Waals surface area contributed by atoms with E-state index >= 15 is 0 Å². The van der Waals surface area contributed by atoms with E-state index < -0.39 is 11.9 Å². The van der Waals surface area contributed by atoms with Gasteiger partial charge in [-0.2, -0.15) is 0 Å². The van der Waals surface area contributed by atoms with Gasteiger partial charge in [0.15, 0.2) is 18.3 Å². The molecule has 0 bridgehead atoms. The number of aryl methyl sites for hydroxylation is 2. The van der Waals surface area contributed by atoms with Crippen molar-refractivity contribution in [3.05, 3.63) is 66.2 Å². The van der Waals surface area contributed by atoms with Crippen LogP contribution >= 0.6 is 0 Å². The fourth-order valence-electron chi connectivity index (χ4n) is 2.70. The van der Waals surface area contributed by atoms with Crippen LogP contribution in [0.15, 0.2) is 59.1 Å². The van der Waals surface area contributed by atoms with Crippen molar-refractivity contribution in [2.75, 3.05) is 18.5 Å². The van der Waals surface area contributed by atoms with Gasteiger partial charge in [-0.3, -0.25) is 9.59 Å². The van der Waals surface area contributed by atoms with Gasteiger partial charge in [0.05, 0.1) is 19.2 Å². The molecule has 2 aromatic carbocycles. The van der Waals surface area contributed by atoms with E-state index in [0.717, 1.165) is 16.9 Å². The van der Waals surface area contributed by atoms with Gasteiger partial charge >= 0.3 is 5.97 Å². The summed E-state index contributed by atoms with van der Waals surface area (Å²) in [5.74, 6) is 0.908. The Hall–Kier alpha value is -3.61. The number of benzene rings is 2. The third-order valence-corrected chi connectivity index (χ3v) is 4.25. The molecule has 1 heterocycles. The first kappa shape index (κ1) is 21.1. The number of nitrogens with one attached hydrogen (secondary N) is 1. The van der Waals surface area contributed by atoms with Gasteiger partial charge in [-0.05, 0) is 38.1 Å². The van der Waals surface area contributed by atoms with E-state index in [2.05, 4.69) is 10.3 Å². The summed E-state index contributed by atoms with van der Waals surface area (Å²) in [4.78, 5) is 28.0. The lowest BCUT2D eigenvalue weighted by atomic mass is 10.1. The number of hydrogen-bond donors (Lipinski definition) is 1. The summed E-state index contributed by atoms with van der Waals surface area (Å²) in [5, 5.41) is 2.66. The monoisotopic (exact) mass is 408 g/mol. The lowest BCUT2D eigenvalue weighted by molar-refractivity contribution is -0.147. The number of amides is 1. The molecule has 0 radical (unpaired) electrons. The molecule has 7 nitrogen and oxygen atoms in total. The van der Waals surface area contributed by atoms with Crippen LogP contribution in [0.25, 0.3) is 11.3 Å². The number of carbonyl (C=O) groups excluding carboxylic acids is 2. The first-order chi connectivity index (χ1) is 14.5. The first-order valence-electron chi connectivity index (χ1n) is 9.73. The predicted molar refractivity (Wildman–Crippen MR) is 112 cm³/mol. The van der Waals surface area contributed by atoms with E-state index in [0.29, 0.717) is 30.4 Å². The molecular formula is C23H24N2O5. The SMILES string of the molecule is CCOc1ccc(NC(=O)COC(=O)CCc2ncc(-c3ccc(C)cc3)o2)cc1. The standard InChI is InChI=1S/C23H24N2O5/c1-3-28-19-10-8-18(9-11-19)25-21(26)15-29-23(27)13-12-22-24-14-20(30-22)17-6-4-16(2)5-7-17/h4-11,14H,3,12-13,15H2,1-2H3,(H,25,26). The fraction of sp³-hybridized carbons (Fsp3) is 0.261. The Labute approximate surface area is 175 Å². The summed E-state index contributed by atoms with van der Waals surface area (Å²) in [7, 11) is 0. The average molecular weight is 408 g/mol. The molecule has 30 heavy (non-hydrogen) atoms. The molecule has 0 saturated carbocycles. The maximum Gasteiger partial charge on any atom is 0.306 e. The first-order valence-corrected chi connectivity index (χ1v) is 9.73. The Bertz CT molecular complexity index is 978. The van der Waals surface area contributed by atoms with E-state index in [9.17, 15) is 9.59 Å². The Morgan fingerprint density at radius 1 is 1.07 bits per heavy atom. The number of hydrogen-bond acceptors (Lipinski definition) is 6. The molecule has 0 fully saturated rings. The molecule has 3 aromatic rings. The Kier molecular flexibility index (Phi) is 7.21. The Morgan fingerprint density at radius 3 is 2.50 bits per heavy atom. The number of carbonyl (C=O) groups is 2. The topological polar surface area (TPSA) is 90.7 Å². The minimum Gasteiger partial charge on any atom is -0.494 e. The van der Waals surface area contributed by atoms with Crippen LogP contribution in [-0.4, -0.2) is 30.1 Å². The van der Waals surface area contributed by atoms with Crippen LogP contribution in [0.3, 0.4) is 0 Å². The van der Waals surface area contributed by atoms with Gasteiger partial charge in [0.1, 0.15) is 5.75 Å². The summed E-state index contributed by atoms with van der Waals surface area (Å²) in [6.07, 6.45) is 2.00. The summed E-state index contributed by atoms with van der Waals surface area (Å²) in [5.41, 5.74) is 2.68. The van der Waals surface area contributed by atoms with Crippen molar-refractivity contribution >= 4 is 17.6 Å². The summed E-state index contributed by atoms with van der Waals surface area (Å²) >= 11 is 0. The highest BCUT2D eigenvalue weighted by molar-refractivity contribution is 5.92. The number of aromatic nitrogens is 1. The second kappa shape index (κ2) is 10.2. The molecule has 0 unspecified atom stereocenters. The van der Waals surface area contributed by atoms with E-state index in [-0.39, 0.29) is 13.0 Å². The molecule has 1 N–H and O–H groups in total. The molecule has 156 valence electrons. The van der Waals surface area contributed by atoms with Crippen molar-refractivity contribution in [3.8, 4) is 17.1 Å². The van der Waals surface area contributed by atoms with Gasteiger partial charge in [0.25, 0.3) is 5.91 Å². The summed E-state index contributed by atoms with van der Waals surface area (Å²) < 4.78 is 16.0. The normalized spacial score (nSPS) is 10.5. The number of rotatable bonds is 9. The number of nitrogens with zero attached hydrogens (tertiary/aromatic N) is 1. The molecule has 0 spiro atoms. The van der Waals surface area contributed by atoms with Gasteiger partial charge in [-0.1, -0.05) is 29.8 Å². The van der Waals surface area contributed by atoms with Gasteiger partial charge in [0.2, 0.25) is 0 Å². The van der Waals surface area contributed by atoms with Gasteiger partial charge < -0.3 is 19.2 Å². The zero-order valence-corrected chi connectivity index (χ0v) is 17.0. The van der Waals surface area contributed by atoms with E-state index in [1.807, 2.05) is 38.1 Å². The highest BCUT2D eigenvalue weighted by Crippen LogP contribution is 2.21. The van der Waals surface area contributed by atoms with Crippen LogP contribution < -0.4 is 10.1 Å². The second-order valence-electron chi connectivity index (χ2n) is 6.65. The smallest absolute Gasteiger partial charge is 0.306 e. The molecule has 7 heteroatoms. The molecule has 0 aliphatic heterocycles. The Balaban J connectivity index is 1.40. The summed E-state index contributed by atoms with van der Waals surface area (Å²) in [6, 6.07) is 14.9. The molecule has 0 saturated heterocycles. The lowest BCUT2D eigenvalue weighted by Gasteiger charge is -2.07. The average Bonchev–Trinajstić information content (AvgIpc) is 3.22. The lowest BCUT2D eigenvalue weighted by Crippen LogP contribution is -2.21. The van der Waals surface area contributed by atoms with Crippen molar-refractivity contribution < 1.29 is 23.5 Å². The number of oxazole rings is 1. The highest BCUT2D eigenvalue weighted by atomic mass is 16.5. The molecule has 3 rings (SSSR count). The second-order valence-corrected chi connectivity index (χ2v) is 6.65. The highest BCUT2D eigenvalue weighted by Gasteiger charge is 2.12. The minimum atomic E-state index is -0.494. The van der Waals surface area contributed by atoms with Crippen LogP contribution in [0, 0.1) is 6.92 Å². The molecule has 1 aromatic heterocycles. The van der Waals surface area contributed by atoms with Crippen LogP contribution in [0.5, 0.6) is 5.75 Å². The quantitative estimate of drug-likeness (QED) is 0.535. The predicted octanol–water partition coefficient (Wildman–Crippen LogP) is 4.16. The van der Waals surface area contributed by atoms with E-state index in [1.165, 1.54) is 0 Å². The third kappa shape index (κ3) is 6.20. The van der Waals surface area contributed by atoms with E-state index in [4.69, 9.17) is 13.9 Å². The van der Waals surface area contributed by atoms with Gasteiger partial charge in [0, 0.05) is 17.7 Å². The summed E-state index contributed by atoms with van der Waals surface area (Å²) in [6.45, 7) is 4.13. The van der Waals surface area contributed by atoms with Crippen LogP contribution in [0.1, 0.15) is 24.8 Å². The maximum atomic E-state index is 11.9. The van der Waals surface area contributed by atoms with Gasteiger partial charge in [-0.15, -0.1) is 0 Å². The van der Waals surface area contributed by atoms with Crippen LogP contribution in [0.4, 0.5) is 5.69 Å². The van der Waals surface area contributed by atoms with Crippen molar-refractivity contribution in [2.24, 2.45) is 0 Å². The van der Waals surface area contributed by atoms with Crippen molar-refractivity contribution in [3.63, 3.8) is 0 Å². The zero-order chi connectivity index (χ0) is 21.3. The van der Waals surface area contributed by atoms with Gasteiger partial charge in [-0.25, -0.2) is 4.98 Å². The Morgan fingerprint density at radius 2 is 1.80 bits per heavy atom. The van der Waals surface area contributed by atoms with Crippen LogP contribution in [0.2, 0.25) is 0 Å². The molecule has 0 aliphatic carbocycles. The fourth-order valence-corrected chi connectivity index (χ4v) is 2.70. The van der Waals surface area contributed by atoms with Crippen molar-refractivity contribution in [1.29, 1.82) is 0 Å². The number of anilines is 1. The molecule has 0 aliphatic rings. The minimum absolute atomic E-state index is 0.0736. The number of esters is 1. The number of ether oxygens (including phenoxy) is 2. The van der Waals surface area contributed by atoms with Crippen LogP contribution in [-0.2, 0) is 20.7 Å². The van der Waals surface area contributed by atoms with E-state index in [1.54, 1.807) is 30.5 Å². The molecule has 1 amide bonds.